The van der Waals surface area contributed by atoms with Crippen molar-refractivity contribution in [1.82, 2.24) is 4.57 Å². The van der Waals surface area contributed by atoms with E-state index < -0.39 is 0 Å². The first kappa shape index (κ1) is 16.6. The summed E-state index contributed by atoms with van der Waals surface area (Å²) in [6.45, 7) is 0.258. The molecule has 0 amide bonds. The molecule has 1 nitrogen and oxygen atoms in total. The van der Waals surface area contributed by atoms with Gasteiger partial charge in [0.25, 0.3) is 0 Å². The Balaban J connectivity index is 1.65. The molecular weight excluding hydrogens is 385 g/mol. The molecule has 0 N–H and O–H groups in total. The van der Waals surface area contributed by atoms with E-state index in [9.17, 15) is 0 Å². The predicted octanol–water partition coefficient (Wildman–Crippen LogP) is 5.26. The Labute approximate surface area is 186 Å². The Hall–Kier alpha value is -4.04. The topological polar surface area (TPSA) is 4.93 Å². The average Bonchev–Trinajstić information content (AvgIpc) is 3.38. The lowest BCUT2D eigenvalue weighted by molar-refractivity contribution is 1.19. The molecule has 0 atom stereocenters. The van der Waals surface area contributed by atoms with Crippen molar-refractivity contribution in [3.63, 3.8) is 0 Å². The summed E-state index contributed by atoms with van der Waals surface area (Å²) >= 11 is 0. The number of hydrogen-bond acceptors (Lipinski definition) is 0. The van der Waals surface area contributed by atoms with Crippen LogP contribution >= 0.6 is 0 Å². The van der Waals surface area contributed by atoms with Crippen molar-refractivity contribution in [2.45, 2.75) is 0 Å². The zero-order chi connectivity index (χ0) is 20.8. The minimum absolute atomic E-state index is 0.258. The van der Waals surface area contributed by atoms with Gasteiger partial charge in [-0.2, -0.15) is 0 Å². The van der Waals surface area contributed by atoms with Crippen molar-refractivity contribution in [2.75, 3.05) is 0 Å². The Kier molecular flexibility index (Phi) is 3.02. The van der Waals surface area contributed by atoms with Gasteiger partial charge in [-0.1, -0.05) is 103 Å². The lowest BCUT2D eigenvalue weighted by atomic mass is 9.36. The highest BCUT2D eigenvalue weighted by atomic mass is 15.0. The second-order valence-electron chi connectivity index (χ2n) is 8.90. The molecule has 0 saturated carbocycles. The molecule has 1 aromatic heterocycles. The van der Waals surface area contributed by atoms with E-state index in [1.54, 1.807) is 0 Å². The van der Waals surface area contributed by atoms with Gasteiger partial charge in [0.1, 0.15) is 0 Å². The second kappa shape index (κ2) is 5.80. The van der Waals surface area contributed by atoms with Crippen LogP contribution in [-0.2, 0) is 0 Å². The van der Waals surface area contributed by atoms with Crippen LogP contribution in [0.3, 0.4) is 0 Å². The summed E-state index contributed by atoms with van der Waals surface area (Å²) in [5, 5.41) is 2.67. The van der Waals surface area contributed by atoms with Crippen LogP contribution in [0.5, 0.6) is 0 Å². The van der Waals surface area contributed by atoms with E-state index in [2.05, 4.69) is 114 Å². The minimum atomic E-state index is 0.258. The highest BCUT2D eigenvalue weighted by Crippen LogP contribution is 2.38. The van der Waals surface area contributed by atoms with Gasteiger partial charge < -0.3 is 4.57 Å². The Bertz CT molecular complexity index is 1730. The van der Waals surface area contributed by atoms with Gasteiger partial charge in [-0.25, -0.2) is 0 Å². The van der Waals surface area contributed by atoms with Crippen molar-refractivity contribution >= 4 is 44.9 Å². The van der Waals surface area contributed by atoms with Crippen LogP contribution in [0.25, 0.3) is 49.7 Å². The fourth-order valence-corrected chi connectivity index (χ4v) is 6.23. The maximum Gasteiger partial charge on any atom is 0.249 e. The van der Waals surface area contributed by atoms with E-state index in [0.717, 1.165) is 0 Å². The molecule has 2 aliphatic rings. The quantitative estimate of drug-likeness (QED) is 0.330. The molecule has 5 aromatic carbocycles. The number of fused-ring (bicyclic) bond motifs is 8. The predicted molar refractivity (Wildman–Crippen MR) is 136 cm³/mol. The van der Waals surface area contributed by atoms with E-state index in [1.807, 2.05) is 0 Å². The summed E-state index contributed by atoms with van der Waals surface area (Å²) in [4.78, 5) is 0. The SMILES string of the molecule is c1ccc(-c2ccc3c4ccccc4n4c3c2B2c3ccccc3-c3cccc-4c32)cc1. The number of aromatic nitrogens is 1. The number of hydrogen-bond donors (Lipinski definition) is 0. The fraction of sp³-hybridized carbons (Fsp3) is 0. The molecule has 0 unspecified atom stereocenters. The third-order valence-corrected chi connectivity index (χ3v) is 7.42. The summed E-state index contributed by atoms with van der Waals surface area (Å²) < 4.78 is 2.52. The molecule has 146 valence electrons. The number of benzene rings is 5. The molecule has 32 heavy (non-hydrogen) atoms. The van der Waals surface area contributed by atoms with Gasteiger partial charge in [-0.3, -0.25) is 0 Å². The minimum Gasteiger partial charge on any atom is -0.310 e. The van der Waals surface area contributed by atoms with E-state index in [1.165, 1.54) is 66.1 Å². The highest BCUT2D eigenvalue weighted by molar-refractivity contribution is 7.02. The Morgan fingerprint density at radius 1 is 0.500 bits per heavy atom. The monoisotopic (exact) mass is 403 g/mol. The molecule has 0 aliphatic carbocycles. The Morgan fingerprint density at radius 2 is 1.28 bits per heavy atom. The highest BCUT2D eigenvalue weighted by Gasteiger charge is 2.42. The first-order chi connectivity index (χ1) is 15.9. The molecule has 2 heteroatoms. The lowest BCUT2D eigenvalue weighted by Gasteiger charge is -2.27. The van der Waals surface area contributed by atoms with Gasteiger partial charge in [0.05, 0.1) is 5.52 Å². The van der Waals surface area contributed by atoms with E-state index in [0.29, 0.717) is 0 Å². The molecule has 8 rings (SSSR count). The molecule has 0 saturated heterocycles. The van der Waals surface area contributed by atoms with Gasteiger partial charge in [0.15, 0.2) is 0 Å². The summed E-state index contributed by atoms with van der Waals surface area (Å²) in [5.41, 5.74) is 13.7. The van der Waals surface area contributed by atoms with E-state index in [-0.39, 0.29) is 6.71 Å². The standard InChI is InChI=1S/C30H18BN/c1-2-9-19(10-3-1)20-17-18-24-22-12-5-7-15-26(22)32-27-16-8-13-23-21-11-4-6-14-25(21)31(28(23)27)29(20)30(24)32/h1-18H. The lowest BCUT2D eigenvalue weighted by Crippen LogP contribution is -2.53. The van der Waals surface area contributed by atoms with Crippen molar-refractivity contribution in [3.8, 4) is 27.9 Å². The van der Waals surface area contributed by atoms with Crippen LogP contribution < -0.4 is 16.4 Å². The normalized spacial score (nSPS) is 12.9. The van der Waals surface area contributed by atoms with Crippen LogP contribution in [0.2, 0.25) is 0 Å². The van der Waals surface area contributed by atoms with Gasteiger partial charge in [0, 0.05) is 22.0 Å². The average molecular weight is 403 g/mol. The van der Waals surface area contributed by atoms with Crippen LogP contribution in [0.1, 0.15) is 0 Å². The molecular formula is C30H18BN. The third kappa shape index (κ3) is 1.87. The first-order valence-electron chi connectivity index (χ1n) is 11.3. The van der Waals surface area contributed by atoms with Crippen molar-refractivity contribution in [1.29, 1.82) is 0 Å². The second-order valence-corrected chi connectivity index (χ2v) is 8.90. The van der Waals surface area contributed by atoms with Crippen molar-refractivity contribution in [3.05, 3.63) is 109 Å². The fourth-order valence-electron chi connectivity index (χ4n) is 6.23. The largest absolute Gasteiger partial charge is 0.310 e. The number of para-hydroxylation sites is 1. The smallest absolute Gasteiger partial charge is 0.249 e. The molecule has 6 aromatic rings. The van der Waals surface area contributed by atoms with Crippen molar-refractivity contribution in [2.24, 2.45) is 0 Å². The Morgan fingerprint density at radius 3 is 2.22 bits per heavy atom. The molecule has 0 radical (unpaired) electrons. The number of nitrogens with zero attached hydrogens (tertiary/aromatic N) is 1. The van der Waals surface area contributed by atoms with Gasteiger partial charge in [0.2, 0.25) is 6.71 Å². The van der Waals surface area contributed by atoms with E-state index in [4.69, 9.17) is 0 Å². The van der Waals surface area contributed by atoms with Crippen LogP contribution in [0.15, 0.2) is 109 Å². The summed E-state index contributed by atoms with van der Waals surface area (Å²) in [6, 6.07) is 40.2. The van der Waals surface area contributed by atoms with Crippen LogP contribution in [-0.4, -0.2) is 11.3 Å². The van der Waals surface area contributed by atoms with Gasteiger partial charge in [-0.05, 0) is 45.3 Å². The molecule has 0 fully saturated rings. The summed E-state index contributed by atoms with van der Waals surface area (Å²) in [7, 11) is 0. The maximum atomic E-state index is 2.52. The third-order valence-electron chi connectivity index (χ3n) is 7.42. The summed E-state index contributed by atoms with van der Waals surface area (Å²) in [5.74, 6) is 0. The van der Waals surface area contributed by atoms with Crippen LogP contribution in [0.4, 0.5) is 0 Å². The van der Waals surface area contributed by atoms with E-state index >= 15 is 0 Å². The maximum absolute atomic E-state index is 2.52. The van der Waals surface area contributed by atoms with Gasteiger partial charge in [-0.15, -0.1) is 0 Å². The zero-order valence-electron chi connectivity index (χ0n) is 17.4. The molecule has 0 spiro atoms. The molecule has 0 bridgehead atoms. The zero-order valence-corrected chi connectivity index (χ0v) is 17.4. The molecule has 2 aliphatic heterocycles. The first-order valence-corrected chi connectivity index (χ1v) is 11.3. The van der Waals surface area contributed by atoms with Crippen molar-refractivity contribution < 1.29 is 0 Å². The van der Waals surface area contributed by atoms with Gasteiger partial charge >= 0.3 is 0 Å². The molecule has 3 heterocycles. The van der Waals surface area contributed by atoms with Crippen LogP contribution in [0, 0.1) is 0 Å². The number of rotatable bonds is 1. The summed E-state index contributed by atoms with van der Waals surface area (Å²) in [6.07, 6.45) is 0.